The van der Waals surface area contributed by atoms with Crippen LogP contribution in [0.5, 0.6) is 5.75 Å². The number of carbonyl (C=O) groups excluding carboxylic acids is 1. The summed E-state index contributed by atoms with van der Waals surface area (Å²) in [6.45, 7) is 2.35. The van der Waals surface area contributed by atoms with E-state index in [1.165, 1.54) is 16.9 Å². The third-order valence-corrected chi connectivity index (χ3v) is 5.57. The molecule has 0 heterocycles. The number of rotatable bonds is 8. The molecule has 1 amide bonds. The number of hydrogen-bond donors (Lipinski definition) is 1. The average Bonchev–Trinajstić information content (AvgIpc) is 2.64. The summed E-state index contributed by atoms with van der Waals surface area (Å²) in [5, 5.41) is 2.90. The van der Waals surface area contributed by atoms with E-state index in [0.29, 0.717) is 17.8 Å². The van der Waals surface area contributed by atoms with E-state index in [1.54, 1.807) is 32.2 Å². The minimum atomic E-state index is -3.33. The highest BCUT2D eigenvalue weighted by molar-refractivity contribution is 7.92. The number of nitrogens with one attached hydrogen (secondary N) is 1. The molecule has 0 saturated heterocycles. The number of benzene rings is 2. The molecule has 0 aliphatic rings. The first kappa shape index (κ1) is 20.8. The van der Waals surface area contributed by atoms with Gasteiger partial charge in [-0.25, -0.2) is 8.42 Å². The van der Waals surface area contributed by atoms with Crippen LogP contribution in [0.1, 0.15) is 27.9 Å². The molecule has 0 radical (unpaired) electrons. The van der Waals surface area contributed by atoms with Crippen LogP contribution in [0, 0.1) is 6.92 Å². The van der Waals surface area contributed by atoms with Crippen molar-refractivity contribution < 1.29 is 17.9 Å². The zero-order valence-corrected chi connectivity index (χ0v) is 17.0. The van der Waals surface area contributed by atoms with Crippen molar-refractivity contribution in [3.63, 3.8) is 0 Å². The van der Waals surface area contributed by atoms with Crippen molar-refractivity contribution in [3.05, 3.63) is 59.2 Å². The molecule has 0 spiro atoms. The Bertz CT molecular complexity index is 893. The molecule has 0 fully saturated rings. The molecule has 2 rings (SSSR count). The van der Waals surface area contributed by atoms with Crippen molar-refractivity contribution in [1.29, 1.82) is 0 Å². The Kier molecular flexibility index (Phi) is 6.85. The topological polar surface area (TPSA) is 75.7 Å². The zero-order chi connectivity index (χ0) is 20.0. The minimum Gasteiger partial charge on any atom is -0.497 e. The van der Waals surface area contributed by atoms with Crippen LogP contribution in [-0.2, 0) is 16.4 Å². The van der Waals surface area contributed by atoms with Gasteiger partial charge in [-0.3, -0.25) is 9.10 Å². The second-order valence-electron chi connectivity index (χ2n) is 6.44. The smallest absolute Gasteiger partial charge is 0.251 e. The van der Waals surface area contributed by atoms with Crippen LogP contribution >= 0.6 is 0 Å². The lowest BCUT2D eigenvalue weighted by Crippen LogP contribution is -2.27. The Balaban J connectivity index is 1.89. The molecule has 0 aromatic heterocycles. The van der Waals surface area contributed by atoms with Crippen LogP contribution in [-0.4, -0.2) is 41.3 Å². The quantitative estimate of drug-likeness (QED) is 0.703. The minimum absolute atomic E-state index is 0.165. The van der Waals surface area contributed by atoms with Gasteiger partial charge in [-0.2, -0.15) is 0 Å². The van der Waals surface area contributed by atoms with Gasteiger partial charge in [0.05, 0.1) is 19.1 Å². The van der Waals surface area contributed by atoms with Gasteiger partial charge in [-0.15, -0.1) is 0 Å². The first-order chi connectivity index (χ1) is 12.7. The summed E-state index contributed by atoms with van der Waals surface area (Å²) in [7, 11) is -0.201. The maximum atomic E-state index is 12.3. The van der Waals surface area contributed by atoms with E-state index >= 15 is 0 Å². The number of carbonyl (C=O) groups is 1. The van der Waals surface area contributed by atoms with Gasteiger partial charge >= 0.3 is 0 Å². The molecule has 0 saturated carbocycles. The summed E-state index contributed by atoms with van der Waals surface area (Å²) >= 11 is 0. The van der Waals surface area contributed by atoms with E-state index in [4.69, 9.17) is 4.74 Å². The molecule has 7 heteroatoms. The zero-order valence-electron chi connectivity index (χ0n) is 16.2. The summed E-state index contributed by atoms with van der Waals surface area (Å²) in [6.07, 6.45) is 2.84. The summed E-state index contributed by atoms with van der Waals surface area (Å²) in [4.78, 5) is 12.3. The normalized spacial score (nSPS) is 11.1. The Morgan fingerprint density at radius 1 is 1.15 bits per heavy atom. The third-order valence-electron chi connectivity index (χ3n) is 4.38. The molecule has 2 aromatic carbocycles. The first-order valence-corrected chi connectivity index (χ1v) is 10.5. The highest BCUT2D eigenvalue weighted by Gasteiger charge is 2.15. The number of nitrogens with zero attached hydrogens (tertiary/aromatic N) is 1. The maximum absolute atomic E-state index is 12.3. The number of hydrogen-bond acceptors (Lipinski definition) is 4. The van der Waals surface area contributed by atoms with E-state index in [-0.39, 0.29) is 5.91 Å². The summed E-state index contributed by atoms with van der Waals surface area (Å²) < 4.78 is 29.7. The van der Waals surface area contributed by atoms with Crippen LogP contribution in [0.4, 0.5) is 5.69 Å². The fourth-order valence-electron chi connectivity index (χ4n) is 2.72. The van der Waals surface area contributed by atoms with Crippen LogP contribution in [0.15, 0.2) is 42.5 Å². The highest BCUT2D eigenvalue weighted by Crippen LogP contribution is 2.22. The standard InChI is InChI=1S/C20H26N2O4S/c1-15-14-17(9-12-19(15)22(2)27(4,24)25)20(23)21-13-5-6-16-7-10-18(26-3)11-8-16/h7-12,14H,5-6,13H2,1-4H3,(H,21,23). The predicted octanol–water partition coefficient (Wildman–Crippen LogP) is 2.76. The molecule has 0 bridgehead atoms. The Morgan fingerprint density at radius 3 is 2.37 bits per heavy atom. The van der Waals surface area contributed by atoms with Gasteiger partial charge in [0.1, 0.15) is 5.75 Å². The van der Waals surface area contributed by atoms with E-state index < -0.39 is 10.0 Å². The molecule has 0 aliphatic carbocycles. The summed E-state index contributed by atoms with van der Waals surface area (Å²) in [6, 6.07) is 12.9. The third kappa shape index (κ3) is 5.72. The Labute approximate surface area is 161 Å². The van der Waals surface area contributed by atoms with E-state index in [1.807, 2.05) is 24.3 Å². The second-order valence-corrected chi connectivity index (χ2v) is 8.45. The average molecular weight is 391 g/mol. The molecule has 27 heavy (non-hydrogen) atoms. The fraction of sp³-hybridized carbons (Fsp3) is 0.350. The van der Waals surface area contributed by atoms with Crippen LogP contribution < -0.4 is 14.4 Å². The number of sulfonamides is 1. The monoisotopic (exact) mass is 390 g/mol. The van der Waals surface area contributed by atoms with Gasteiger partial charge in [-0.1, -0.05) is 12.1 Å². The van der Waals surface area contributed by atoms with Crippen molar-refractivity contribution >= 4 is 21.6 Å². The van der Waals surface area contributed by atoms with E-state index in [0.717, 1.165) is 30.4 Å². The highest BCUT2D eigenvalue weighted by atomic mass is 32.2. The number of anilines is 1. The number of methoxy groups -OCH3 is 1. The summed E-state index contributed by atoms with van der Waals surface area (Å²) in [5.41, 5.74) is 3.00. The molecular formula is C20H26N2O4S. The maximum Gasteiger partial charge on any atom is 0.251 e. The molecule has 1 N–H and O–H groups in total. The number of aryl methyl sites for hydroxylation is 2. The van der Waals surface area contributed by atoms with Crippen molar-refractivity contribution in [2.45, 2.75) is 19.8 Å². The molecular weight excluding hydrogens is 364 g/mol. The van der Waals surface area contributed by atoms with Crippen molar-refractivity contribution in [2.24, 2.45) is 0 Å². The van der Waals surface area contributed by atoms with Crippen LogP contribution in [0.3, 0.4) is 0 Å². The molecule has 0 unspecified atom stereocenters. The van der Waals surface area contributed by atoms with Crippen LogP contribution in [0.25, 0.3) is 0 Å². The van der Waals surface area contributed by atoms with Crippen molar-refractivity contribution in [2.75, 3.05) is 31.3 Å². The van der Waals surface area contributed by atoms with Gasteiger partial charge in [0.15, 0.2) is 0 Å². The summed E-state index contributed by atoms with van der Waals surface area (Å²) in [5.74, 6) is 0.661. The van der Waals surface area contributed by atoms with Gasteiger partial charge < -0.3 is 10.1 Å². The van der Waals surface area contributed by atoms with E-state index in [2.05, 4.69) is 5.32 Å². The van der Waals surface area contributed by atoms with Gasteiger partial charge in [0.25, 0.3) is 5.91 Å². The van der Waals surface area contributed by atoms with Gasteiger partial charge in [-0.05, 0) is 61.2 Å². The van der Waals surface area contributed by atoms with Crippen LogP contribution in [0.2, 0.25) is 0 Å². The lowest BCUT2D eigenvalue weighted by molar-refractivity contribution is 0.0953. The Morgan fingerprint density at radius 2 is 1.81 bits per heavy atom. The lowest BCUT2D eigenvalue weighted by Gasteiger charge is -2.19. The largest absolute Gasteiger partial charge is 0.497 e. The molecule has 2 aromatic rings. The molecule has 6 nitrogen and oxygen atoms in total. The number of amides is 1. The molecule has 0 atom stereocenters. The SMILES string of the molecule is COc1ccc(CCCNC(=O)c2ccc(N(C)S(C)(=O)=O)c(C)c2)cc1. The number of ether oxygens (including phenoxy) is 1. The van der Waals surface area contributed by atoms with Crippen molar-refractivity contribution in [3.8, 4) is 5.75 Å². The molecule has 146 valence electrons. The van der Waals surface area contributed by atoms with E-state index in [9.17, 15) is 13.2 Å². The van der Waals surface area contributed by atoms with Crippen molar-refractivity contribution in [1.82, 2.24) is 5.32 Å². The van der Waals surface area contributed by atoms with Gasteiger partial charge in [0, 0.05) is 19.2 Å². The van der Waals surface area contributed by atoms with Gasteiger partial charge in [0.2, 0.25) is 10.0 Å². The fourth-order valence-corrected chi connectivity index (χ4v) is 3.28. The molecule has 0 aliphatic heterocycles. The first-order valence-electron chi connectivity index (χ1n) is 8.68. The predicted molar refractivity (Wildman–Crippen MR) is 108 cm³/mol. The lowest BCUT2D eigenvalue weighted by atomic mass is 10.1. The Hall–Kier alpha value is -2.54. The second kappa shape index (κ2) is 8.90.